The molecule has 0 bridgehead atoms. The van der Waals surface area contributed by atoms with Gasteiger partial charge in [-0.05, 0) is 20.3 Å². The molecular weight excluding hydrogens is 162 g/mol. The molecule has 0 spiro atoms. The molecule has 4 heteroatoms. The Bertz CT molecular complexity index is 219. The van der Waals surface area contributed by atoms with Crippen LogP contribution in [0.15, 0.2) is 0 Å². The first kappa shape index (κ1) is 10.9. The van der Waals surface area contributed by atoms with E-state index < -0.39 is 10.0 Å². The van der Waals surface area contributed by atoms with Crippen LogP contribution in [0.1, 0.15) is 27.2 Å². The largest absolute Gasteiger partial charge is 0.212 e. The average Bonchev–Trinajstić information content (AvgIpc) is 1.84. The predicted octanol–water partition coefficient (Wildman–Crippen LogP) is 1.07. The second kappa shape index (κ2) is 3.11. The molecule has 0 saturated heterocycles. The third-order valence-electron chi connectivity index (χ3n) is 2.22. The molecule has 0 fully saturated rings. The lowest BCUT2D eigenvalue weighted by Gasteiger charge is -2.32. The highest BCUT2D eigenvalue weighted by atomic mass is 32.2. The Morgan fingerprint density at radius 1 is 1.36 bits per heavy atom. The fraction of sp³-hybridized carbons (Fsp3) is 1.00. The molecule has 0 aromatic carbocycles. The van der Waals surface area contributed by atoms with E-state index in [1.165, 1.54) is 10.6 Å². The number of sulfonamides is 1. The summed E-state index contributed by atoms with van der Waals surface area (Å²) in [7, 11) is -1.43. The predicted molar refractivity (Wildman–Crippen MR) is 47.0 cm³/mol. The molecule has 0 N–H and O–H groups in total. The second-order valence-corrected chi connectivity index (χ2v) is 5.41. The van der Waals surface area contributed by atoms with Crippen molar-refractivity contribution in [2.45, 2.75) is 32.7 Å². The second-order valence-electron chi connectivity index (χ2n) is 3.40. The molecular formula is C7H17NO2S. The van der Waals surface area contributed by atoms with E-state index in [0.29, 0.717) is 0 Å². The number of hydrogen-bond acceptors (Lipinski definition) is 2. The van der Waals surface area contributed by atoms with Crippen LogP contribution >= 0.6 is 0 Å². The maximum Gasteiger partial charge on any atom is 0.211 e. The molecule has 0 aromatic rings. The fourth-order valence-electron chi connectivity index (χ4n) is 0.672. The van der Waals surface area contributed by atoms with Gasteiger partial charge in [0.25, 0.3) is 0 Å². The first-order chi connectivity index (χ1) is 4.72. The molecule has 0 saturated carbocycles. The summed E-state index contributed by atoms with van der Waals surface area (Å²) >= 11 is 0. The normalized spacial score (nSPS) is 14.0. The Balaban J connectivity index is 4.63. The number of rotatable bonds is 3. The van der Waals surface area contributed by atoms with Crippen LogP contribution in [0.4, 0.5) is 0 Å². The lowest BCUT2D eigenvalue weighted by atomic mass is 10.0. The van der Waals surface area contributed by atoms with E-state index in [0.717, 1.165) is 6.42 Å². The zero-order valence-electron chi connectivity index (χ0n) is 7.88. The van der Waals surface area contributed by atoms with Gasteiger partial charge < -0.3 is 0 Å². The standard InChI is InChI=1S/C7H17NO2S/c1-6-7(2,3)8(4)11(5,9)10/h6H2,1-5H3. The Labute approximate surface area is 69.4 Å². The van der Waals surface area contributed by atoms with Gasteiger partial charge >= 0.3 is 0 Å². The lowest BCUT2D eigenvalue weighted by molar-refractivity contribution is 0.259. The van der Waals surface area contributed by atoms with Crippen molar-refractivity contribution in [2.24, 2.45) is 0 Å². The summed E-state index contributed by atoms with van der Waals surface area (Å²) in [6.07, 6.45) is 2.04. The summed E-state index contributed by atoms with van der Waals surface area (Å²) < 4.78 is 23.5. The molecule has 0 heterocycles. The van der Waals surface area contributed by atoms with Crippen LogP contribution in [-0.4, -0.2) is 31.6 Å². The van der Waals surface area contributed by atoms with Crippen LogP contribution in [-0.2, 0) is 10.0 Å². The van der Waals surface area contributed by atoms with Crippen molar-refractivity contribution in [1.82, 2.24) is 4.31 Å². The van der Waals surface area contributed by atoms with Gasteiger partial charge in [0.05, 0.1) is 6.26 Å². The maximum atomic E-state index is 11.1. The van der Waals surface area contributed by atoms with Gasteiger partial charge in [0.15, 0.2) is 0 Å². The Kier molecular flexibility index (Phi) is 3.08. The quantitative estimate of drug-likeness (QED) is 0.650. The van der Waals surface area contributed by atoms with Gasteiger partial charge in [-0.1, -0.05) is 6.92 Å². The van der Waals surface area contributed by atoms with Crippen LogP contribution in [0.5, 0.6) is 0 Å². The first-order valence-corrected chi connectivity index (χ1v) is 5.50. The maximum absolute atomic E-state index is 11.1. The van der Waals surface area contributed by atoms with E-state index in [-0.39, 0.29) is 5.54 Å². The van der Waals surface area contributed by atoms with Crippen molar-refractivity contribution in [3.63, 3.8) is 0 Å². The minimum atomic E-state index is -3.04. The third-order valence-corrected chi connectivity index (χ3v) is 3.70. The van der Waals surface area contributed by atoms with Gasteiger partial charge in [-0.25, -0.2) is 8.42 Å². The first-order valence-electron chi connectivity index (χ1n) is 3.66. The van der Waals surface area contributed by atoms with Gasteiger partial charge in [0.1, 0.15) is 0 Å². The molecule has 11 heavy (non-hydrogen) atoms. The molecule has 0 aliphatic carbocycles. The van der Waals surface area contributed by atoms with Crippen LogP contribution in [0, 0.1) is 0 Å². The summed E-state index contributed by atoms with van der Waals surface area (Å²) in [5, 5.41) is 0. The zero-order valence-corrected chi connectivity index (χ0v) is 8.70. The summed E-state index contributed by atoms with van der Waals surface area (Å²) in [4.78, 5) is 0. The van der Waals surface area contributed by atoms with Crippen LogP contribution in [0.25, 0.3) is 0 Å². The molecule has 0 rings (SSSR count). The monoisotopic (exact) mass is 179 g/mol. The molecule has 0 unspecified atom stereocenters. The molecule has 0 aliphatic rings. The Hall–Kier alpha value is -0.0900. The molecule has 0 aliphatic heterocycles. The van der Waals surface area contributed by atoms with E-state index in [9.17, 15) is 8.42 Å². The number of hydrogen-bond donors (Lipinski definition) is 0. The van der Waals surface area contributed by atoms with Crippen molar-refractivity contribution in [3.8, 4) is 0 Å². The van der Waals surface area contributed by atoms with Gasteiger partial charge in [-0.15, -0.1) is 0 Å². The van der Waals surface area contributed by atoms with Crippen LogP contribution in [0.2, 0.25) is 0 Å². The highest BCUT2D eigenvalue weighted by molar-refractivity contribution is 7.88. The van der Waals surface area contributed by atoms with Crippen LogP contribution in [0.3, 0.4) is 0 Å². The van der Waals surface area contributed by atoms with Gasteiger partial charge in [-0.3, -0.25) is 0 Å². The van der Waals surface area contributed by atoms with Crippen molar-refractivity contribution in [1.29, 1.82) is 0 Å². The minimum absolute atomic E-state index is 0.270. The Morgan fingerprint density at radius 2 is 1.73 bits per heavy atom. The molecule has 3 nitrogen and oxygen atoms in total. The topological polar surface area (TPSA) is 37.4 Å². The molecule has 0 radical (unpaired) electrons. The highest BCUT2D eigenvalue weighted by Crippen LogP contribution is 2.18. The SMILES string of the molecule is CCC(C)(C)N(C)S(C)(=O)=O. The third kappa shape index (κ3) is 2.79. The molecule has 0 aromatic heterocycles. The summed E-state index contributed by atoms with van der Waals surface area (Å²) in [5.41, 5.74) is -0.270. The zero-order chi connectivity index (χ0) is 9.28. The van der Waals surface area contributed by atoms with E-state index in [1.54, 1.807) is 7.05 Å². The minimum Gasteiger partial charge on any atom is -0.212 e. The van der Waals surface area contributed by atoms with Crippen molar-refractivity contribution >= 4 is 10.0 Å². The van der Waals surface area contributed by atoms with Crippen molar-refractivity contribution in [3.05, 3.63) is 0 Å². The summed E-state index contributed by atoms with van der Waals surface area (Å²) in [6, 6.07) is 0. The van der Waals surface area contributed by atoms with Crippen molar-refractivity contribution in [2.75, 3.05) is 13.3 Å². The highest BCUT2D eigenvalue weighted by Gasteiger charge is 2.27. The molecule has 0 atom stereocenters. The Morgan fingerprint density at radius 3 is 1.82 bits per heavy atom. The van der Waals surface area contributed by atoms with Crippen molar-refractivity contribution < 1.29 is 8.42 Å². The van der Waals surface area contributed by atoms with E-state index in [4.69, 9.17) is 0 Å². The fourth-order valence-corrected chi connectivity index (χ4v) is 1.70. The average molecular weight is 179 g/mol. The summed E-state index contributed by atoms with van der Waals surface area (Å²) in [5.74, 6) is 0. The van der Waals surface area contributed by atoms with E-state index in [1.807, 2.05) is 20.8 Å². The van der Waals surface area contributed by atoms with Gasteiger partial charge in [-0.2, -0.15) is 4.31 Å². The lowest BCUT2D eigenvalue weighted by Crippen LogP contribution is -2.43. The summed E-state index contributed by atoms with van der Waals surface area (Å²) in [6.45, 7) is 5.80. The molecule has 0 amide bonds. The van der Waals surface area contributed by atoms with E-state index >= 15 is 0 Å². The number of nitrogens with zero attached hydrogens (tertiary/aromatic N) is 1. The van der Waals surface area contributed by atoms with Gasteiger partial charge in [0, 0.05) is 12.6 Å². The smallest absolute Gasteiger partial charge is 0.211 e. The van der Waals surface area contributed by atoms with E-state index in [2.05, 4.69) is 0 Å². The molecule has 68 valence electrons. The van der Waals surface area contributed by atoms with Crippen LogP contribution < -0.4 is 0 Å². The van der Waals surface area contributed by atoms with Gasteiger partial charge in [0.2, 0.25) is 10.0 Å².